The van der Waals surface area contributed by atoms with Gasteiger partial charge in [-0.1, -0.05) is 6.07 Å². The first-order valence-corrected chi connectivity index (χ1v) is 9.42. The number of carbonyl (C=O) groups excluding carboxylic acids is 2. The Labute approximate surface area is 161 Å². The third-order valence-corrected chi connectivity index (χ3v) is 5.21. The number of halogens is 2. The number of rotatable bonds is 4. The van der Waals surface area contributed by atoms with Gasteiger partial charge in [0.2, 0.25) is 5.91 Å². The number of nitrogens with one attached hydrogen (secondary N) is 1. The molecule has 146 valence electrons. The maximum Gasteiger partial charge on any atom is 0.255 e. The molecule has 1 aliphatic heterocycles. The fraction of sp³-hybridized carbons (Fsp3) is 0.333. The summed E-state index contributed by atoms with van der Waals surface area (Å²) < 4.78 is 27.4. The zero-order chi connectivity index (χ0) is 19.7. The molecule has 0 spiro atoms. The Hall–Kier alpha value is -2.96. The predicted molar refractivity (Wildman–Crippen MR) is 102 cm³/mol. The molecule has 1 aliphatic carbocycles. The van der Waals surface area contributed by atoms with E-state index in [1.54, 1.807) is 12.1 Å². The summed E-state index contributed by atoms with van der Waals surface area (Å²) in [6, 6.07) is 10.3. The van der Waals surface area contributed by atoms with E-state index in [0.717, 1.165) is 43.8 Å². The first kappa shape index (κ1) is 18.4. The van der Waals surface area contributed by atoms with Gasteiger partial charge in [0.1, 0.15) is 17.3 Å². The Bertz CT molecular complexity index is 869. The Morgan fingerprint density at radius 1 is 0.893 bits per heavy atom. The van der Waals surface area contributed by atoms with Crippen molar-refractivity contribution in [3.8, 4) is 0 Å². The SMILES string of the molecule is O=C(Nc1c(F)cccc1F)c1ccc(N2CCN(C(=O)C3CC3)CC2)cc1. The van der Waals surface area contributed by atoms with Crippen LogP contribution in [0, 0.1) is 17.6 Å². The van der Waals surface area contributed by atoms with Gasteiger partial charge in [-0.05, 0) is 49.2 Å². The van der Waals surface area contributed by atoms with E-state index in [1.807, 2.05) is 17.0 Å². The second kappa shape index (κ2) is 7.58. The number of hydrogen-bond donors (Lipinski definition) is 1. The van der Waals surface area contributed by atoms with Gasteiger partial charge in [0.15, 0.2) is 0 Å². The topological polar surface area (TPSA) is 52.7 Å². The van der Waals surface area contributed by atoms with Crippen LogP contribution in [0.4, 0.5) is 20.2 Å². The number of carbonyl (C=O) groups is 2. The van der Waals surface area contributed by atoms with Crippen LogP contribution in [-0.2, 0) is 4.79 Å². The number of piperazine rings is 1. The highest BCUT2D eigenvalue weighted by atomic mass is 19.1. The fourth-order valence-electron chi connectivity index (χ4n) is 3.40. The lowest BCUT2D eigenvalue weighted by molar-refractivity contribution is -0.132. The summed E-state index contributed by atoms with van der Waals surface area (Å²) in [5, 5.41) is 2.28. The smallest absolute Gasteiger partial charge is 0.255 e. The molecule has 2 aliphatic rings. The van der Waals surface area contributed by atoms with E-state index < -0.39 is 23.2 Å². The van der Waals surface area contributed by atoms with Crippen molar-refractivity contribution < 1.29 is 18.4 Å². The molecule has 28 heavy (non-hydrogen) atoms. The van der Waals surface area contributed by atoms with Crippen molar-refractivity contribution in [3.05, 3.63) is 59.7 Å². The van der Waals surface area contributed by atoms with Crippen LogP contribution in [-0.4, -0.2) is 42.9 Å². The summed E-state index contributed by atoms with van der Waals surface area (Å²) in [5.74, 6) is -1.70. The minimum atomic E-state index is -0.816. The second-order valence-electron chi connectivity index (χ2n) is 7.18. The van der Waals surface area contributed by atoms with Crippen molar-refractivity contribution >= 4 is 23.2 Å². The van der Waals surface area contributed by atoms with Crippen LogP contribution in [0.15, 0.2) is 42.5 Å². The highest BCUT2D eigenvalue weighted by molar-refractivity contribution is 6.04. The average molecular weight is 385 g/mol. The quantitative estimate of drug-likeness (QED) is 0.879. The molecule has 2 aromatic rings. The Kier molecular flexibility index (Phi) is 4.98. The zero-order valence-electron chi connectivity index (χ0n) is 15.3. The third kappa shape index (κ3) is 3.83. The first-order chi connectivity index (χ1) is 13.5. The van der Waals surface area contributed by atoms with Crippen molar-refractivity contribution in [2.24, 2.45) is 5.92 Å². The Morgan fingerprint density at radius 3 is 2.07 bits per heavy atom. The number of nitrogens with zero attached hydrogens (tertiary/aromatic N) is 2. The van der Waals surface area contributed by atoms with Crippen LogP contribution in [0.3, 0.4) is 0 Å². The average Bonchev–Trinajstić information content (AvgIpc) is 3.56. The summed E-state index contributed by atoms with van der Waals surface area (Å²) >= 11 is 0. The summed E-state index contributed by atoms with van der Waals surface area (Å²) in [5.41, 5.74) is 0.814. The second-order valence-corrected chi connectivity index (χ2v) is 7.18. The number of hydrogen-bond acceptors (Lipinski definition) is 3. The molecule has 0 unspecified atom stereocenters. The predicted octanol–water partition coefficient (Wildman–Crippen LogP) is 3.28. The molecule has 4 rings (SSSR count). The van der Waals surface area contributed by atoms with E-state index in [9.17, 15) is 18.4 Å². The van der Waals surface area contributed by atoms with E-state index in [1.165, 1.54) is 6.07 Å². The molecule has 1 heterocycles. The van der Waals surface area contributed by atoms with Crippen molar-refractivity contribution in [1.82, 2.24) is 4.90 Å². The van der Waals surface area contributed by atoms with Gasteiger partial charge in [0, 0.05) is 43.3 Å². The minimum Gasteiger partial charge on any atom is -0.368 e. The molecule has 0 aromatic heterocycles. The van der Waals surface area contributed by atoms with Crippen molar-refractivity contribution in [3.63, 3.8) is 0 Å². The molecule has 7 heteroatoms. The highest BCUT2D eigenvalue weighted by Gasteiger charge is 2.34. The van der Waals surface area contributed by atoms with Gasteiger partial charge >= 0.3 is 0 Å². The van der Waals surface area contributed by atoms with Crippen LogP contribution < -0.4 is 10.2 Å². The number of amides is 2. The molecule has 0 bridgehead atoms. The van der Waals surface area contributed by atoms with Gasteiger partial charge in [0.05, 0.1) is 0 Å². The normalized spacial score (nSPS) is 16.8. The lowest BCUT2D eigenvalue weighted by Gasteiger charge is -2.36. The number of para-hydroxylation sites is 1. The van der Waals surface area contributed by atoms with Crippen LogP contribution in [0.25, 0.3) is 0 Å². The lowest BCUT2D eigenvalue weighted by atomic mass is 10.1. The molecule has 0 radical (unpaired) electrons. The summed E-state index contributed by atoms with van der Waals surface area (Å²) in [6.07, 6.45) is 2.03. The summed E-state index contributed by atoms with van der Waals surface area (Å²) in [7, 11) is 0. The first-order valence-electron chi connectivity index (χ1n) is 9.42. The number of benzene rings is 2. The Morgan fingerprint density at radius 2 is 1.50 bits per heavy atom. The van der Waals surface area contributed by atoms with Crippen LogP contribution >= 0.6 is 0 Å². The molecular weight excluding hydrogens is 364 g/mol. The van der Waals surface area contributed by atoms with Gasteiger partial charge < -0.3 is 15.1 Å². The molecule has 2 fully saturated rings. The summed E-state index contributed by atoms with van der Waals surface area (Å²) in [6.45, 7) is 2.88. The third-order valence-electron chi connectivity index (χ3n) is 5.21. The molecular formula is C21H21F2N3O2. The standard InChI is InChI=1S/C21H21F2N3O2/c22-17-2-1-3-18(23)19(17)24-20(27)14-6-8-16(9-7-14)25-10-12-26(13-11-25)21(28)15-4-5-15/h1-3,6-9,15H,4-5,10-13H2,(H,24,27). The van der Waals surface area contributed by atoms with Crippen molar-refractivity contribution in [2.45, 2.75) is 12.8 Å². The largest absolute Gasteiger partial charge is 0.368 e. The minimum absolute atomic E-state index is 0.239. The van der Waals surface area contributed by atoms with Gasteiger partial charge in [-0.15, -0.1) is 0 Å². The Balaban J connectivity index is 1.37. The van der Waals surface area contributed by atoms with Crippen LogP contribution in [0.2, 0.25) is 0 Å². The van der Waals surface area contributed by atoms with Crippen LogP contribution in [0.1, 0.15) is 23.2 Å². The maximum atomic E-state index is 13.7. The van der Waals surface area contributed by atoms with E-state index >= 15 is 0 Å². The van der Waals surface area contributed by atoms with Gasteiger partial charge in [-0.2, -0.15) is 0 Å². The summed E-state index contributed by atoms with van der Waals surface area (Å²) in [4.78, 5) is 28.5. The van der Waals surface area contributed by atoms with Gasteiger partial charge in [0.25, 0.3) is 5.91 Å². The molecule has 2 amide bonds. The molecule has 1 saturated heterocycles. The lowest BCUT2D eigenvalue weighted by Crippen LogP contribution is -2.49. The van der Waals surface area contributed by atoms with Crippen LogP contribution in [0.5, 0.6) is 0 Å². The van der Waals surface area contributed by atoms with Crippen molar-refractivity contribution in [2.75, 3.05) is 36.4 Å². The van der Waals surface area contributed by atoms with Crippen molar-refractivity contribution in [1.29, 1.82) is 0 Å². The highest BCUT2D eigenvalue weighted by Crippen LogP contribution is 2.31. The zero-order valence-corrected chi connectivity index (χ0v) is 15.3. The monoisotopic (exact) mass is 385 g/mol. The van der Waals surface area contributed by atoms with E-state index in [4.69, 9.17) is 0 Å². The number of anilines is 2. The van der Waals surface area contributed by atoms with E-state index in [-0.39, 0.29) is 11.8 Å². The molecule has 1 N–H and O–H groups in total. The van der Waals surface area contributed by atoms with E-state index in [2.05, 4.69) is 10.2 Å². The molecule has 5 nitrogen and oxygen atoms in total. The fourth-order valence-corrected chi connectivity index (χ4v) is 3.40. The van der Waals surface area contributed by atoms with Gasteiger partial charge in [-0.3, -0.25) is 9.59 Å². The molecule has 1 saturated carbocycles. The molecule has 2 aromatic carbocycles. The maximum absolute atomic E-state index is 13.7. The van der Waals surface area contributed by atoms with Gasteiger partial charge in [-0.25, -0.2) is 8.78 Å². The molecule has 0 atom stereocenters. The van der Waals surface area contributed by atoms with E-state index in [0.29, 0.717) is 18.7 Å².